The van der Waals surface area contributed by atoms with Gasteiger partial charge in [-0.15, -0.1) is 0 Å². The third-order valence-electron chi connectivity index (χ3n) is 3.53. The van der Waals surface area contributed by atoms with E-state index in [2.05, 4.69) is 0 Å². The molecule has 1 fully saturated rings. The first-order chi connectivity index (χ1) is 10.2. The van der Waals surface area contributed by atoms with Crippen molar-refractivity contribution in [2.45, 2.75) is 25.1 Å². The number of benzene rings is 1. The number of carbonyl (C=O) groups excluding carboxylic acids is 1. The second-order valence-corrected chi connectivity index (χ2v) is 5.80. The minimum Gasteiger partial charge on any atom is -0.508 e. The highest BCUT2D eigenvalue weighted by molar-refractivity contribution is 5.95. The smallest absolute Gasteiger partial charge is 0.416 e. The van der Waals surface area contributed by atoms with Crippen molar-refractivity contribution in [1.29, 1.82) is 0 Å². The number of hydrogen-bond acceptors (Lipinski definition) is 3. The van der Waals surface area contributed by atoms with Gasteiger partial charge >= 0.3 is 6.18 Å². The third-order valence-corrected chi connectivity index (χ3v) is 3.53. The van der Waals surface area contributed by atoms with E-state index < -0.39 is 23.4 Å². The van der Waals surface area contributed by atoms with Crippen LogP contribution in [0, 0.1) is 0 Å². The van der Waals surface area contributed by atoms with Gasteiger partial charge in [-0.05, 0) is 45.1 Å². The number of hydrogen-bond donors (Lipinski definition) is 1. The maximum absolute atomic E-state index is 12.8. The van der Waals surface area contributed by atoms with Gasteiger partial charge in [-0.3, -0.25) is 4.79 Å². The van der Waals surface area contributed by atoms with Gasteiger partial charge in [0.15, 0.2) is 0 Å². The van der Waals surface area contributed by atoms with Crippen LogP contribution < -0.4 is 0 Å². The number of halogens is 3. The predicted octanol–water partition coefficient (Wildman–Crippen LogP) is 2.58. The largest absolute Gasteiger partial charge is 0.508 e. The van der Waals surface area contributed by atoms with Crippen LogP contribution in [-0.4, -0.2) is 54.0 Å². The lowest BCUT2D eigenvalue weighted by Crippen LogP contribution is -2.38. The summed E-state index contributed by atoms with van der Waals surface area (Å²) >= 11 is 0. The fourth-order valence-corrected chi connectivity index (χ4v) is 2.21. The Morgan fingerprint density at radius 2 is 1.86 bits per heavy atom. The summed E-state index contributed by atoms with van der Waals surface area (Å²) in [7, 11) is 3.73. The fraction of sp³-hybridized carbons (Fsp3) is 0.533. The topological polar surface area (TPSA) is 43.8 Å². The monoisotopic (exact) mass is 316 g/mol. The van der Waals surface area contributed by atoms with Crippen molar-refractivity contribution in [1.82, 2.24) is 9.80 Å². The van der Waals surface area contributed by atoms with Gasteiger partial charge in [0.25, 0.3) is 5.91 Å². The van der Waals surface area contributed by atoms with E-state index in [9.17, 15) is 23.1 Å². The van der Waals surface area contributed by atoms with Gasteiger partial charge < -0.3 is 14.9 Å². The van der Waals surface area contributed by atoms with Gasteiger partial charge in [0.1, 0.15) is 5.75 Å². The predicted molar refractivity (Wildman–Crippen MR) is 75.7 cm³/mol. The molecular weight excluding hydrogens is 297 g/mol. The third kappa shape index (κ3) is 4.13. The van der Waals surface area contributed by atoms with E-state index in [0.29, 0.717) is 19.2 Å². The lowest BCUT2D eigenvalue weighted by Gasteiger charge is -2.24. The van der Waals surface area contributed by atoms with Crippen molar-refractivity contribution in [3.8, 4) is 5.75 Å². The Balaban J connectivity index is 2.24. The maximum atomic E-state index is 12.8. The SMILES string of the molecule is CN(C)CCN(C(=O)c1cc(O)cc(C(F)(F)F)c1)C1CC1. The molecule has 122 valence electrons. The van der Waals surface area contributed by atoms with Crippen molar-refractivity contribution >= 4 is 5.91 Å². The quantitative estimate of drug-likeness (QED) is 0.908. The van der Waals surface area contributed by atoms with Crippen LogP contribution in [0.15, 0.2) is 18.2 Å². The van der Waals surface area contributed by atoms with Crippen LogP contribution in [0.3, 0.4) is 0 Å². The van der Waals surface area contributed by atoms with Gasteiger partial charge in [-0.1, -0.05) is 0 Å². The molecule has 2 rings (SSSR count). The summed E-state index contributed by atoms with van der Waals surface area (Å²) in [6.45, 7) is 1.08. The molecule has 0 bridgehead atoms. The summed E-state index contributed by atoms with van der Waals surface area (Å²) in [5.41, 5.74) is -1.14. The van der Waals surface area contributed by atoms with Gasteiger partial charge in [0.2, 0.25) is 0 Å². The first-order valence-corrected chi connectivity index (χ1v) is 7.05. The van der Waals surface area contributed by atoms with Crippen molar-refractivity contribution in [2.24, 2.45) is 0 Å². The van der Waals surface area contributed by atoms with Gasteiger partial charge in [-0.2, -0.15) is 13.2 Å². The van der Waals surface area contributed by atoms with Gasteiger partial charge in [0.05, 0.1) is 5.56 Å². The lowest BCUT2D eigenvalue weighted by atomic mass is 10.1. The Labute approximate surface area is 127 Å². The summed E-state index contributed by atoms with van der Waals surface area (Å²) < 4.78 is 38.4. The van der Waals surface area contributed by atoms with Gasteiger partial charge in [0, 0.05) is 24.7 Å². The molecule has 0 spiro atoms. The van der Waals surface area contributed by atoms with Crippen LogP contribution in [0.5, 0.6) is 5.75 Å². The Hall–Kier alpha value is -1.76. The van der Waals surface area contributed by atoms with Crippen LogP contribution in [0.4, 0.5) is 13.2 Å². The maximum Gasteiger partial charge on any atom is 0.416 e. The molecule has 22 heavy (non-hydrogen) atoms. The number of phenols is 1. The molecule has 0 saturated heterocycles. The molecule has 1 aromatic carbocycles. The van der Waals surface area contributed by atoms with E-state index in [1.165, 1.54) is 0 Å². The first kappa shape index (κ1) is 16.6. The van der Waals surface area contributed by atoms with E-state index in [-0.39, 0.29) is 11.6 Å². The lowest BCUT2D eigenvalue weighted by molar-refractivity contribution is -0.137. The van der Waals surface area contributed by atoms with E-state index in [1.54, 1.807) is 4.90 Å². The van der Waals surface area contributed by atoms with Crippen molar-refractivity contribution < 1.29 is 23.1 Å². The standard InChI is InChI=1S/C15H19F3N2O2/c1-19(2)5-6-20(12-3-4-12)14(22)10-7-11(15(16,17)18)9-13(21)8-10/h7-9,12,21H,3-6H2,1-2H3. The number of nitrogens with zero attached hydrogens (tertiary/aromatic N) is 2. The average molecular weight is 316 g/mol. The number of aromatic hydroxyl groups is 1. The molecular formula is C15H19F3N2O2. The van der Waals surface area contributed by atoms with Crippen LogP contribution in [0.25, 0.3) is 0 Å². The molecule has 1 amide bonds. The zero-order valence-corrected chi connectivity index (χ0v) is 12.5. The molecule has 1 aliphatic rings. The molecule has 0 heterocycles. The van der Waals surface area contributed by atoms with E-state index in [1.807, 2.05) is 19.0 Å². The number of carbonyl (C=O) groups is 1. The molecule has 4 nitrogen and oxygen atoms in total. The summed E-state index contributed by atoms with van der Waals surface area (Å²) in [6.07, 6.45) is -2.87. The second-order valence-electron chi connectivity index (χ2n) is 5.80. The van der Waals surface area contributed by atoms with Crippen LogP contribution in [-0.2, 0) is 6.18 Å². The van der Waals surface area contributed by atoms with Crippen LogP contribution in [0.2, 0.25) is 0 Å². The fourth-order valence-electron chi connectivity index (χ4n) is 2.21. The molecule has 0 unspecified atom stereocenters. The van der Waals surface area contributed by atoms with Crippen molar-refractivity contribution in [3.63, 3.8) is 0 Å². The number of alkyl halides is 3. The number of likely N-dealkylation sites (N-methyl/N-ethyl adjacent to an activating group) is 1. The van der Waals surface area contributed by atoms with Gasteiger partial charge in [-0.25, -0.2) is 0 Å². The second kappa shape index (κ2) is 6.16. The summed E-state index contributed by atoms with van der Waals surface area (Å²) in [4.78, 5) is 16.0. The highest BCUT2D eigenvalue weighted by Crippen LogP contribution is 2.34. The average Bonchev–Trinajstić information content (AvgIpc) is 3.21. The molecule has 7 heteroatoms. The number of amides is 1. The van der Waals surface area contributed by atoms with Crippen LogP contribution >= 0.6 is 0 Å². The summed E-state index contributed by atoms with van der Waals surface area (Å²) in [5, 5.41) is 9.48. The van der Waals surface area contributed by atoms with E-state index in [4.69, 9.17) is 0 Å². The highest BCUT2D eigenvalue weighted by atomic mass is 19.4. The minimum atomic E-state index is -4.60. The molecule has 0 atom stereocenters. The molecule has 1 N–H and O–H groups in total. The first-order valence-electron chi connectivity index (χ1n) is 7.05. The van der Waals surface area contributed by atoms with Crippen molar-refractivity contribution in [3.05, 3.63) is 29.3 Å². The zero-order chi connectivity index (χ0) is 16.5. The summed E-state index contributed by atoms with van der Waals surface area (Å²) in [6, 6.07) is 2.59. The van der Waals surface area contributed by atoms with Crippen LogP contribution in [0.1, 0.15) is 28.8 Å². The number of rotatable bonds is 5. The minimum absolute atomic E-state index is 0.0872. The molecule has 0 aromatic heterocycles. The molecule has 1 aliphatic carbocycles. The van der Waals surface area contributed by atoms with Crippen molar-refractivity contribution in [2.75, 3.05) is 27.2 Å². The Morgan fingerprint density at radius 3 is 2.36 bits per heavy atom. The highest BCUT2D eigenvalue weighted by Gasteiger charge is 2.35. The van der Waals surface area contributed by atoms with E-state index in [0.717, 1.165) is 25.0 Å². The molecule has 0 radical (unpaired) electrons. The Kier molecular flexibility index (Phi) is 4.65. The zero-order valence-electron chi connectivity index (χ0n) is 12.5. The molecule has 1 aromatic rings. The Bertz CT molecular complexity index is 554. The summed E-state index contributed by atoms with van der Waals surface area (Å²) in [5.74, 6) is -1.02. The van der Waals surface area contributed by atoms with E-state index >= 15 is 0 Å². The number of phenolic OH excluding ortho intramolecular Hbond substituents is 1. The Morgan fingerprint density at radius 1 is 1.23 bits per heavy atom. The molecule has 1 saturated carbocycles. The normalized spacial score (nSPS) is 15.2. The molecule has 0 aliphatic heterocycles.